The van der Waals surface area contributed by atoms with Crippen LogP contribution in [0.2, 0.25) is 6.04 Å². The van der Waals surface area contributed by atoms with Crippen LogP contribution in [-0.4, -0.2) is 62.7 Å². The highest BCUT2D eigenvalue weighted by atomic mass is 28.4. The predicted molar refractivity (Wildman–Crippen MR) is 107 cm³/mol. The quantitative estimate of drug-likeness (QED) is 0.168. The Morgan fingerprint density at radius 3 is 1.48 bits per heavy atom. The molecule has 0 fully saturated rings. The molecule has 0 aliphatic heterocycles. The fourth-order valence-electron chi connectivity index (χ4n) is 2.39. The van der Waals surface area contributed by atoms with E-state index in [1.807, 2.05) is 0 Å². The fourth-order valence-corrected chi connectivity index (χ4v) is 4.25. The topological polar surface area (TPSA) is 64.6 Å². The van der Waals surface area contributed by atoms with Crippen LogP contribution >= 0.6 is 0 Å². The first-order chi connectivity index (χ1) is 13.1. The summed E-state index contributed by atoms with van der Waals surface area (Å²) >= 11 is 0. The third kappa shape index (κ3) is 11.5. The second-order valence-corrected chi connectivity index (χ2v) is 9.40. The van der Waals surface area contributed by atoms with Gasteiger partial charge < -0.3 is 32.2 Å². The molecule has 0 unspecified atom stereocenters. The second kappa shape index (κ2) is 16.9. The smallest absolute Gasteiger partial charge is 0.377 e. The van der Waals surface area contributed by atoms with Gasteiger partial charge in [0.2, 0.25) is 0 Å². The van der Waals surface area contributed by atoms with Gasteiger partial charge in [0, 0.05) is 33.8 Å². The van der Waals surface area contributed by atoms with Crippen LogP contribution in [0.1, 0.15) is 65.7 Å². The van der Waals surface area contributed by atoms with Gasteiger partial charge in [0.25, 0.3) is 5.97 Å². The number of hydrogen-bond acceptors (Lipinski definition) is 7. The minimum Gasteiger partial charge on any atom is -0.377 e. The Bertz CT molecular complexity index is 301. The SMILES string of the molecule is CCCCOC(CC[Si](OC)(OC)OCOC)(OCCCC)OCCCC. The number of methoxy groups -OCH3 is 1. The Hall–Kier alpha value is -0.0631. The van der Waals surface area contributed by atoms with E-state index in [4.69, 9.17) is 32.2 Å². The van der Waals surface area contributed by atoms with Crippen LogP contribution in [0.15, 0.2) is 0 Å². The summed E-state index contributed by atoms with van der Waals surface area (Å²) in [6.07, 6.45) is 6.47. The van der Waals surface area contributed by atoms with Crippen molar-refractivity contribution in [3.05, 3.63) is 0 Å². The molecule has 0 N–H and O–H groups in total. The molecule has 164 valence electrons. The molecule has 0 spiro atoms. The zero-order chi connectivity index (χ0) is 20.4. The van der Waals surface area contributed by atoms with Gasteiger partial charge in [-0.2, -0.15) is 0 Å². The minimum absolute atomic E-state index is 0.116. The van der Waals surface area contributed by atoms with E-state index < -0.39 is 14.8 Å². The van der Waals surface area contributed by atoms with Crippen molar-refractivity contribution in [2.75, 3.05) is 47.9 Å². The largest absolute Gasteiger partial charge is 0.502 e. The number of hydrogen-bond donors (Lipinski definition) is 0. The van der Waals surface area contributed by atoms with Gasteiger partial charge in [0.1, 0.15) is 6.79 Å². The van der Waals surface area contributed by atoms with Crippen molar-refractivity contribution in [2.45, 2.75) is 77.7 Å². The summed E-state index contributed by atoms with van der Waals surface area (Å²) in [4.78, 5) is 0. The lowest BCUT2D eigenvalue weighted by molar-refractivity contribution is -0.382. The van der Waals surface area contributed by atoms with Crippen LogP contribution in [0.25, 0.3) is 0 Å². The van der Waals surface area contributed by atoms with E-state index in [9.17, 15) is 0 Å². The van der Waals surface area contributed by atoms with Crippen molar-refractivity contribution in [3.8, 4) is 0 Å². The van der Waals surface area contributed by atoms with E-state index in [0.717, 1.165) is 38.5 Å². The molecule has 0 aliphatic carbocycles. The Morgan fingerprint density at radius 1 is 0.704 bits per heavy atom. The fraction of sp³-hybridized carbons (Fsp3) is 1.00. The van der Waals surface area contributed by atoms with Crippen LogP contribution in [-0.2, 0) is 32.2 Å². The van der Waals surface area contributed by atoms with Crippen molar-refractivity contribution in [1.29, 1.82) is 0 Å². The van der Waals surface area contributed by atoms with Gasteiger partial charge in [-0.1, -0.05) is 40.0 Å². The molecule has 0 heterocycles. The molecule has 0 atom stereocenters. The Balaban J connectivity index is 5.19. The second-order valence-electron chi connectivity index (χ2n) is 6.43. The summed E-state index contributed by atoms with van der Waals surface area (Å²) < 4.78 is 40.4. The van der Waals surface area contributed by atoms with Crippen LogP contribution in [0.4, 0.5) is 0 Å². The van der Waals surface area contributed by atoms with E-state index >= 15 is 0 Å². The van der Waals surface area contributed by atoms with Crippen LogP contribution in [0.5, 0.6) is 0 Å². The lowest BCUT2D eigenvalue weighted by atomic mass is 10.3. The number of ether oxygens (including phenoxy) is 4. The lowest BCUT2D eigenvalue weighted by Crippen LogP contribution is -2.48. The van der Waals surface area contributed by atoms with Gasteiger partial charge in [-0.15, -0.1) is 0 Å². The van der Waals surface area contributed by atoms with Gasteiger partial charge in [-0.05, 0) is 19.3 Å². The maximum atomic E-state index is 6.13. The van der Waals surface area contributed by atoms with E-state index in [1.165, 1.54) is 0 Å². The van der Waals surface area contributed by atoms with E-state index in [0.29, 0.717) is 32.3 Å². The summed E-state index contributed by atoms with van der Waals surface area (Å²) in [6, 6.07) is 0.508. The van der Waals surface area contributed by atoms with Crippen molar-refractivity contribution in [1.82, 2.24) is 0 Å². The average molecular weight is 411 g/mol. The summed E-state index contributed by atoms with van der Waals surface area (Å²) in [5.41, 5.74) is 0. The van der Waals surface area contributed by atoms with Crippen molar-refractivity contribution < 1.29 is 32.2 Å². The maximum absolute atomic E-state index is 6.13. The van der Waals surface area contributed by atoms with Gasteiger partial charge in [0.05, 0.1) is 19.8 Å². The molecular weight excluding hydrogens is 368 g/mol. The first-order valence-electron chi connectivity index (χ1n) is 10.2. The Kier molecular flexibility index (Phi) is 16.8. The Morgan fingerprint density at radius 2 is 1.15 bits per heavy atom. The molecule has 0 saturated carbocycles. The standard InChI is InChI=1S/C19H42O7Si/c1-7-10-14-23-19(24-15-11-8-2,25-16-12-9-3)13-17-27(21-5,22-6)26-18-20-4/h7-18H2,1-6H3. The van der Waals surface area contributed by atoms with Crippen molar-refractivity contribution in [3.63, 3.8) is 0 Å². The molecule has 0 amide bonds. The molecule has 0 saturated heterocycles. The maximum Gasteiger partial charge on any atom is 0.502 e. The molecule has 0 aliphatic rings. The molecule has 0 aromatic carbocycles. The number of rotatable bonds is 20. The van der Waals surface area contributed by atoms with E-state index in [1.54, 1.807) is 21.3 Å². The van der Waals surface area contributed by atoms with Crippen molar-refractivity contribution >= 4 is 8.80 Å². The van der Waals surface area contributed by atoms with Crippen LogP contribution in [0, 0.1) is 0 Å². The third-order valence-corrected chi connectivity index (χ3v) is 6.88. The predicted octanol–water partition coefficient (Wildman–Crippen LogP) is 4.33. The van der Waals surface area contributed by atoms with Crippen LogP contribution in [0.3, 0.4) is 0 Å². The summed E-state index contributed by atoms with van der Waals surface area (Å²) in [5.74, 6) is -1.09. The summed E-state index contributed by atoms with van der Waals surface area (Å²) in [5, 5.41) is 0. The molecule has 0 radical (unpaired) electrons. The van der Waals surface area contributed by atoms with E-state index in [2.05, 4.69) is 20.8 Å². The summed E-state index contributed by atoms with van der Waals surface area (Å²) in [6.45, 7) is 8.27. The molecule has 0 bridgehead atoms. The monoisotopic (exact) mass is 410 g/mol. The summed E-state index contributed by atoms with van der Waals surface area (Å²) in [7, 11) is 1.89. The van der Waals surface area contributed by atoms with Crippen LogP contribution < -0.4 is 0 Å². The Labute approximate surface area is 167 Å². The molecule has 8 heteroatoms. The zero-order valence-corrected chi connectivity index (χ0v) is 19.3. The first-order valence-corrected chi connectivity index (χ1v) is 12.2. The highest BCUT2D eigenvalue weighted by Crippen LogP contribution is 2.29. The highest BCUT2D eigenvalue weighted by Gasteiger charge is 2.44. The molecule has 7 nitrogen and oxygen atoms in total. The van der Waals surface area contributed by atoms with Gasteiger partial charge in [-0.3, -0.25) is 0 Å². The normalized spacial score (nSPS) is 12.7. The molecule has 27 heavy (non-hydrogen) atoms. The molecular formula is C19H42O7Si. The lowest BCUT2D eigenvalue weighted by Gasteiger charge is -2.36. The third-order valence-electron chi connectivity index (χ3n) is 4.22. The number of unbranched alkanes of at least 4 members (excludes halogenated alkanes) is 3. The first kappa shape index (κ1) is 26.9. The minimum atomic E-state index is -2.88. The van der Waals surface area contributed by atoms with E-state index in [-0.39, 0.29) is 6.79 Å². The van der Waals surface area contributed by atoms with Gasteiger partial charge in [-0.25, -0.2) is 0 Å². The van der Waals surface area contributed by atoms with Gasteiger partial charge in [0.15, 0.2) is 0 Å². The molecule has 0 aromatic rings. The average Bonchev–Trinajstić information content (AvgIpc) is 2.69. The highest BCUT2D eigenvalue weighted by molar-refractivity contribution is 6.60. The molecule has 0 aromatic heterocycles. The van der Waals surface area contributed by atoms with Crippen molar-refractivity contribution in [2.24, 2.45) is 0 Å². The van der Waals surface area contributed by atoms with Gasteiger partial charge >= 0.3 is 8.80 Å². The molecule has 0 rings (SSSR count). The zero-order valence-electron chi connectivity index (χ0n) is 18.3.